The van der Waals surface area contributed by atoms with Gasteiger partial charge in [0.1, 0.15) is 18.2 Å². The number of hydrogen-bond donors (Lipinski definition) is 1. The quantitative estimate of drug-likeness (QED) is 0.830. The van der Waals surface area contributed by atoms with Crippen LogP contribution in [0.2, 0.25) is 0 Å². The van der Waals surface area contributed by atoms with Gasteiger partial charge in [-0.15, -0.1) is 0 Å². The van der Waals surface area contributed by atoms with Crippen molar-refractivity contribution in [2.24, 2.45) is 0 Å². The van der Waals surface area contributed by atoms with Gasteiger partial charge in [-0.1, -0.05) is 30.3 Å². The molecule has 0 aromatic heterocycles. The van der Waals surface area contributed by atoms with E-state index in [1.165, 1.54) is 12.1 Å². The molecule has 1 amide bonds. The van der Waals surface area contributed by atoms with Crippen molar-refractivity contribution in [2.75, 3.05) is 13.2 Å². The maximum atomic E-state index is 12.7. The second-order valence-corrected chi connectivity index (χ2v) is 4.77. The van der Waals surface area contributed by atoms with Crippen LogP contribution in [0.5, 0.6) is 5.75 Å². The minimum atomic E-state index is -0.300. The molecule has 0 bridgehead atoms. The molecule has 2 aromatic rings. The molecule has 0 spiro atoms. The van der Waals surface area contributed by atoms with Gasteiger partial charge in [0.25, 0.3) is 0 Å². The molecule has 0 radical (unpaired) electrons. The van der Waals surface area contributed by atoms with Gasteiger partial charge in [0, 0.05) is 0 Å². The predicted molar refractivity (Wildman–Crippen MR) is 79.8 cm³/mol. The molecule has 0 aliphatic heterocycles. The summed E-state index contributed by atoms with van der Waals surface area (Å²) in [6, 6.07) is 13.7. The maximum absolute atomic E-state index is 12.7. The minimum absolute atomic E-state index is 0.102. The summed E-state index contributed by atoms with van der Waals surface area (Å²) in [5, 5.41) is 2.78. The van der Waals surface area contributed by atoms with E-state index in [0.29, 0.717) is 13.2 Å². The number of carbonyl (C=O) groups is 1. The second-order valence-electron chi connectivity index (χ2n) is 4.77. The molecular formula is C17H18FNO2. The Morgan fingerprint density at radius 2 is 1.86 bits per heavy atom. The minimum Gasteiger partial charge on any atom is -0.491 e. The first-order valence-electron chi connectivity index (χ1n) is 6.85. The average Bonchev–Trinajstić information content (AvgIpc) is 2.48. The van der Waals surface area contributed by atoms with Crippen molar-refractivity contribution in [2.45, 2.75) is 13.3 Å². The van der Waals surface area contributed by atoms with E-state index in [9.17, 15) is 9.18 Å². The van der Waals surface area contributed by atoms with Crippen LogP contribution in [0.3, 0.4) is 0 Å². The maximum Gasteiger partial charge on any atom is 0.224 e. The number of rotatable bonds is 6. The van der Waals surface area contributed by atoms with Crippen molar-refractivity contribution in [1.29, 1.82) is 0 Å². The van der Waals surface area contributed by atoms with E-state index < -0.39 is 0 Å². The molecule has 4 heteroatoms. The highest BCUT2D eigenvalue weighted by Gasteiger charge is 2.03. The summed E-state index contributed by atoms with van der Waals surface area (Å²) in [6.45, 7) is 2.83. The molecule has 0 heterocycles. The molecule has 0 saturated heterocycles. The van der Waals surface area contributed by atoms with Crippen LogP contribution in [0.25, 0.3) is 0 Å². The Hall–Kier alpha value is -2.36. The van der Waals surface area contributed by atoms with Crippen molar-refractivity contribution in [3.63, 3.8) is 0 Å². The van der Waals surface area contributed by atoms with Gasteiger partial charge in [-0.3, -0.25) is 4.79 Å². The Kier molecular flexibility index (Phi) is 5.32. The van der Waals surface area contributed by atoms with Crippen LogP contribution in [0.4, 0.5) is 4.39 Å². The third-order valence-corrected chi connectivity index (χ3v) is 3.05. The number of aryl methyl sites for hydroxylation is 1. The zero-order valence-electron chi connectivity index (χ0n) is 11.9. The first-order valence-corrected chi connectivity index (χ1v) is 6.85. The third-order valence-electron chi connectivity index (χ3n) is 3.05. The number of hydrogen-bond acceptors (Lipinski definition) is 2. The number of para-hydroxylation sites is 1. The fourth-order valence-corrected chi connectivity index (χ4v) is 1.92. The van der Waals surface area contributed by atoms with E-state index in [-0.39, 0.29) is 18.1 Å². The zero-order valence-corrected chi connectivity index (χ0v) is 11.9. The number of nitrogens with one attached hydrogen (secondary N) is 1. The molecular weight excluding hydrogens is 269 g/mol. The second kappa shape index (κ2) is 7.43. The largest absolute Gasteiger partial charge is 0.491 e. The molecule has 0 aliphatic carbocycles. The SMILES string of the molecule is Cc1ccccc1OCCNC(=O)Cc1ccc(F)cc1. The number of ether oxygens (including phenoxy) is 1. The van der Waals surface area contributed by atoms with Crippen LogP contribution >= 0.6 is 0 Å². The highest BCUT2D eigenvalue weighted by atomic mass is 19.1. The Morgan fingerprint density at radius 1 is 1.14 bits per heavy atom. The van der Waals surface area contributed by atoms with Crippen molar-refractivity contribution >= 4 is 5.91 Å². The molecule has 1 N–H and O–H groups in total. The zero-order chi connectivity index (χ0) is 15.1. The van der Waals surface area contributed by atoms with Crippen molar-refractivity contribution in [3.8, 4) is 5.75 Å². The van der Waals surface area contributed by atoms with Gasteiger partial charge in [-0.2, -0.15) is 0 Å². The van der Waals surface area contributed by atoms with E-state index in [4.69, 9.17) is 4.74 Å². The van der Waals surface area contributed by atoms with Gasteiger partial charge in [-0.05, 0) is 36.2 Å². The number of halogens is 1. The highest BCUT2D eigenvalue weighted by molar-refractivity contribution is 5.78. The summed E-state index contributed by atoms with van der Waals surface area (Å²) in [4.78, 5) is 11.7. The molecule has 0 fully saturated rings. The Morgan fingerprint density at radius 3 is 2.57 bits per heavy atom. The van der Waals surface area contributed by atoms with Crippen LogP contribution in [0.15, 0.2) is 48.5 Å². The molecule has 0 saturated carbocycles. The number of carbonyl (C=O) groups excluding carboxylic acids is 1. The molecule has 0 aliphatic rings. The molecule has 3 nitrogen and oxygen atoms in total. The Bertz CT molecular complexity index is 596. The first kappa shape index (κ1) is 15.0. The van der Waals surface area contributed by atoms with Gasteiger partial charge in [0.2, 0.25) is 5.91 Å². The van der Waals surface area contributed by atoms with Gasteiger partial charge in [0.15, 0.2) is 0 Å². The summed E-state index contributed by atoms with van der Waals surface area (Å²) in [5.74, 6) is 0.422. The molecule has 110 valence electrons. The lowest BCUT2D eigenvalue weighted by Gasteiger charge is -2.09. The normalized spacial score (nSPS) is 10.2. The number of amides is 1. The van der Waals surface area contributed by atoms with E-state index in [2.05, 4.69) is 5.32 Å². The first-order chi connectivity index (χ1) is 10.1. The summed E-state index contributed by atoms with van der Waals surface area (Å²) < 4.78 is 18.3. The average molecular weight is 287 g/mol. The topological polar surface area (TPSA) is 38.3 Å². The summed E-state index contributed by atoms with van der Waals surface area (Å²) in [6.07, 6.45) is 0.241. The highest BCUT2D eigenvalue weighted by Crippen LogP contribution is 2.15. The van der Waals surface area contributed by atoms with Crippen molar-refractivity contribution in [3.05, 3.63) is 65.5 Å². The predicted octanol–water partition coefficient (Wildman–Crippen LogP) is 2.87. The molecule has 2 rings (SSSR count). The lowest BCUT2D eigenvalue weighted by molar-refractivity contribution is -0.120. The summed E-state index contributed by atoms with van der Waals surface area (Å²) in [7, 11) is 0. The lowest BCUT2D eigenvalue weighted by Crippen LogP contribution is -2.29. The van der Waals surface area contributed by atoms with Crippen LogP contribution < -0.4 is 10.1 Å². The van der Waals surface area contributed by atoms with Crippen LogP contribution in [-0.4, -0.2) is 19.1 Å². The fourth-order valence-electron chi connectivity index (χ4n) is 1.92. The van der Waals surface area contributed by atoms with E-state index in [1.54, 1.807) is 12.1 Å². The smallest absolute Gasteiger partial charge is 0.224 e. The molecule has 2 aromatic carbocycles. The lowest BCUT2D eigenvalue weighted by atomic mass is 10.1. The monoisotopic (exact) mass is 287 g/mol. The van der Waals surface area contributed by atoms with Crippen molar-refractivity contribution in [1.82, 2.24) is 5.32 Å². The van der Waals surface area contributed by atoms with Crippen LogP contribution in [-0.2, 0) is 11.2 Å². The van der Waals surface area contributed by atoms with Crippen LogP contribution in [0.1, 0.15) is 11.1 Å². The molecule has 0 unspecified atom stereocenters. The van der Waals surface area contributed by atoms with Gasteiger partial charge in [-0.25, -0.2) is 4.39 Å². The Balaban J connectivity index is 1.70. The van der Waals surface area contributed by atoms with Gasteiger partial charge >= 0.3 is 0 Å². The van der Waals surface area contributed by atoms with E-state index in [1.807, 2.05) is 31.2 Å². The van der Waals surface area contributed by atoms with E-state index in [0.717, 1.165) is 16.9 Å². The van der Waals surface area contributed by atoms with Gasteiger partial charge in [0.05, 0.1) is 13.0 Å². The van der Waals surface area contributed by atoms with Crippen molar-refractivity contribution < 1.29 is 13.9 Å². The summed E-state index contributed by atoms with van der Waals surface area (Å²) in [5.41, 5.74) is 1.85. The fraction of sp³-hybridized carbons (Fsp3) is 0.235. The van der Waals surface area contributed by atoms with Crippen LogP contribution in [0, 0.1) is 12.7 Å². The third kappa shape index (κ3) is 4.91. The van der Waals surface area contributed by atoms with E-state index >= 15 is 0 Å². The van der Waals surface area contributed by atoms with Gasteiger partial charge < -0.3 is 10.1 Å². The standard InChI is InChI=1S/C17H18FNO2/c1-13-4-2-3-5-16(13)21-11-10-19-17(20)12-14-6-8-15(18)9-7-14/h2-9H,10-12H2,1H3,(H,19,20). The summed E-state index contributed by atoms with van der Waals surface area (Å²) >= 11 is 0. The molecule has 0 atom stereocenters. The molecule has 21 heavy (non-hydrogen) atoms. The Labute approximate surface area is 123 Å². The number of benzene rings is 2.